The van der Waals surface area contributed by atoms with E-state index in [9.17, 15) is 38.0 Å². The molecule has 0 spiro atoms. The fourth-order valence-electron chi connectivity index (χ4n) is 9.37. The molecule has 1 amide bonds. The molecule has 2 aromatic carbocycles. The number of hydrogen-bond acceptors (Lipinski definition) is 10. The Labute approximate surface area is 369 Å². The highest BCUT2D eigenvalue weighted by Crippen LogP contribution is 2.49. The zero-order valence-electron chi connectivity index (χ0n) is 35.2. The third-order valence-corrected chi connectivity index (χ3v) is 18.7. The SMILES string of the molecule is CC[Si](CC)(CC)O[C@H](C)[C@H]1C(=O)N2C(C(=O)Oc3ccc([N+](=O)[O-])cc3)=C(/C=C/COc3ccc(CC[N+]45CC[N+](CC(=N)[O-])(CC4)CC5)cc3I)[C@H](C)[C@H]12.[O-]C(F)(F)F. The number of hydrogen-bond donors (Lipinski definition) is 1. The topological polar surface area (TPSA) is 178 Å². The number of nitrogens with one attached hydrogen (secondary N) is 1. The van der Waals surface area contributed by atoms with Gasteiger partial charge >= 0.3 is 12.3 Å². The van der Waals surface area contributed by atoms with Crippen LogP contribution in [0.2, 0.25) is 18.1 Å². The van der Waals surface area contributed by atoms with E-state index in [4.69, 9.17) is 24.4 Å². The second-order valence-electron chi connectivity index (χ2n) is 16.5. The number of quaternary nitrogens is 2. The van der Waals surface area contributed by atoms with Crippen LogP contribution in [0.1, 0.15) is 40.2 Å². The molecular formula is C42H55F3IN5O9Si. The van der Waals surface area contributed by atoms with Crippen molar-refractivity contribution in [1.29, 1.82) is 5.41 Å². The number of benzene rings is 2. The monoisotopic (exact) mass is 985 g/mol. The quantitative estimate of drug-likeness (QED) is 0.0199. The average Bonchev–Trinajstić information content (AvgIpc) is 3.45. The molecule has 61 heavy (non-hydrogen) atoms. The van der Waals surface area contributed by atoms with Gasteiger partial charge in [0, 0.05) is 30.4 Å². The molecule has 334 valence electrons. The molecule has 0 aromatic heterocycles. The number of alkyl halides is 3. The summed E-state index contributed by atoms with van der Waals surface area (Å²) in [6.45, 7) is 18.2. The third kappa shape index (κ3) is 11.4. The number of allylic oxidation sites excluding steroid dienone is 1. The number of nitrogens with zero attached hydrogens (tertiary/aromatic N) is 4. The van der Waals surface area contributed by atoms with Crippen LogP contribution in [0.3, 0.4) is 0 Å². The first-order chi connectivity index (χ1) is 28.7. The van der Waals surface area contributed by atoms with E-state index in [-0.39, 0.29) is 47.7 Å². The van der Waals surface area contributed by atoms with Crippen LogP contribution < -0.4 is 19.7 Å². The highest BCUT2D eigenvalue weighted by molar-refractivity contribution is 14.1. The number of ether oxygens (including phenoxy) is 2. The summed E-state index contributed by atoms with van der Waals surface area (Å²) in [7, 11) is -2.00. The van der Waals surface area contributed by atoms with Gasteiger partial charge in [0.2, 0.25) is 5.91 Å². The lowest BCUT2D eigenvalue weighted by molar-refractivity contribution is -1.08. The van der Waals surface area contributed by atoms with E-state index in [1.54, 1.807) is 4.90 Å². The fourth-order valence-corrected chi connectivity index (χ4v) is 13.0. The number of nitro benzene ring substituents is 1. The smallest absolute Gasteiger partial charge is 0.360 e. The Kier molecular flexibility index (Phi) is 15.5. The molecule has 5 aliphatic rings. The number of piperazine rings is 3. The maximum absolute atomic E-state index is 13.9. The summed E-state index contributed by atoms with van der Waals surface area (Å²) in [6, 6.07) is 14.2. The van der Waals surface area contributed by atoms with Crippen molar-refractivity contribution in [2.24, 2.45) is 11.8 Å². The summed E-state index contributed by atoms with van der Waals surface area (Å²) >= 11 is 2.31. The Morgan fingerprint density at radius 2 is 1.62 bits per heavy atom. The third-order valence-electron chi connectivity index (χ3n) is 13.2. The van der Waals surface area contributed by atoms with Gasteiger partial charge < -0.3 is 43.4 Å². The summed E-state index contributed by atoms with van der Waals surface area (Å²) < 4.78 is 50.9. The minimum atomic E-state index is -5.25. The van der Waals surface area contributed by atoms with Gasteiger partial charge in [0.25, 0.3) is 5.69 Å². The van der Waals surface area contributed by atoms with Crippen molar-refractivity contribution in [3.8, 4) is 11.5 Å². The van der Waals surface area contributed by atoms with E-state index < -0.39 is 37.4 Å². The lowest BCUT2D eigenvalue weighted by Crippen LogP contribution is -2.76. The van der Waals surface area contributed by atoms with E-state index in [1.807, 2.05) is 32.1 Å². The van der Waals surface area contributed by atoms with Crippen LogP contribution in [0.15, 0.2) is 65.9 Å². The van der Waals surface area contributed by atoms with E-state index in [2.05, 4.69) is 55.5 Å². The van der Waals surface area contributed by atoms with Gasteiger partial charge in [0.1, 0.15) is 69.6 Å². The summed E-state index contributed by atoms with van der Waals surface area (Å²) in [5.74, 6) is -0.978. The molecule has 19 heteroatoms. The zero-order valence-corrected chi connectivity index (χ0v) is 38.3. The van der Waals surface area contributed by atoms with Gasteiger partial charge in [0.15, 0.2) is 8.32 Å². The van der Waals surface area contributed by atoms with Gasteiger partial charge in [-0.05, 0) is 89.1 Å². The number of rotatable bonds is 18. The molecule has 5 heterocycles. The van der Waals surface area contributed by atoms with Gasteiger partial charge in [-0.15, -0.1) is 0 Å². The van der Waals surface area contributed by atoms with Crippen molar-refractivity contribution < 1.29 is 60.8 Å². The Hall–Kier alpha value is -3.89. The Morgan fingerprint density at radius 1 is 1.05 bits per heavy atom. The van der Waals surface area contributed by atoms with Crippen LogP contribution in [0.25, 0.3) is 0 Å². The Bertz CT molecular complexity index is 1970. The van der Waals surface area contributed by atoms with Gasteiger partial charge in [-0.2, -0.15) is 13.2 Å². The number of esters is 1. The molecule has 4 saturated heterocycles. The maximum Gasteiger partial charge on any atom is 0.360 e. The number of nitro groups is 1. The largest absolute Gasteiger partial charge is 0.858 e. The highest BCUT2D eigenvalue weighted by Gasteiger charge is 2.60. The van der Waals surface area contributed by atoms with Crippen molar-refractivity contribution in [3.05, 3.63) is 85.1 Å². The van der Waals surface area contributed by atoms with E-state index in [0.29, 0.717) is 12.1 Å². The first kappa shape index (κ1) is 48.1. The number of halogens is 4. The predicted molar refractivity (Wildman–Crippen MR) is 228 cm³/mol. The summed E-state index contributed by atoms with van der Waals surface area (Å²) in [5, 5.41) is 38.3. The number of amides is 1. The number of carbonyl (C=O) groups excluding carboxylic acids is 2. The van der Waals surface area contributed by atoms with E-state index in [0.717, 1.165) is 88.7 Å². The molecule has 4 atom stereocenters. The Morgan fingerprint density at radius 3 is 2.15 bits per heavy atom. The Balaban J connectivity index is 0.00000133. The molecule has 0 aliphatic carbocycles. The molecule has 0 saturated carbocycles. The maximum atomic E-state index is 13.9. The van der Waals surface area contributed by atoms with Crippen LogP contribution in [-0.2, 0) is 20.4 Å². The molecular weight excluding hydrogens is 930 g/mol. The van der Waals surface area contributed by atoms with Crippen molar-refractivity contribution in [3.63, 3.8) is 0 Å². The van der Waals surface area contributed by atoms with E-state index >= 15 is 0 Å². The molecule has 7 rings (SSSR count). The van der Waals surface area contributed by atoms with Crippen LogP contribution in [0.5, 0.6) is 11.5 Å². The van der Waals surface area contributed by atoms with Crippen LogP contribution in [0, 0.1) is 30.9 Å². The zero-order chi connectivity index (χ0) is 44.9. The molecule has 2 bridgehead atoms. The molecule has 14 nitrogen and oxygen atoms in total. The second kappa shape index (κ2) is 19.7. The first-order valence-electron chi connectivity index (χ1n) is 20.7. The molecule has 1 N–H and O–H groups in total. The molecule has 0 unspecified atom stereocenters. The van der Waals surface area contributed by atoms with Crippen LogP contribution >= 0.6 is 22.6 Å². The van der Waals surface area contributed by atoms with Crippen LogP contribution in [0.4, 0.5) is 18.9 Å². The predicted octanol–water partition coefficient (Wildman–Crippen LogP) is 5.29. The number of carbonyl (C=O) groups is 2. The van der Waals surface area contributed by atoms with Gasteiger partial charge in [-0.3, -0.25) is 14.9 Å². The normalized spacial score (nSPS) is 25.1. The lowest BCUT2D eigenvalue weighted by Gasteiger charge is -2.56. The van der Waals surface area contributed by atoms with Crippen molar-refractivity contribution in [2.45, 2.75) is 77.7 Å². The second-order valence-corrected chi connectivity index (χ2v) is 22.4. The average molecular weight is 986 g/mol. The summed E-state index contributed by atoms with van der Waals surface area (Å²) in [5.41, 5.74) is 1.99. The number of fused-ring (bicyclic) bond motifs is 4. The molecule has 4 fully saturated rings. The number of β-lactam (4-membered cyclic amide) rings is 1. The first-order valence-corrected chi connectivity index (χ1v) is 24.3. The van der Waals surface area contributed by atoms with Crippen LogP contribution in [-0.4, -0.2) is 122 Å². The lowest BCUT2D eigenvalue weighted by atomic mass is 9.77. The van der Waals surface area contributed by atoms with Crippen molar-refractivity contribution in [2.75, 3.05) is 59.0 Å². The molecule has 5 aliphatic heterocycles. The van der Waals surface area contributed by atoms with Crippen molar-refractivity contribution in [1.82, 2.24) is 4.90 Å². The van der Waals surface area contributed by atoms with Gasteiger partial charge in [0.05, 0.1) is 33.1 Å². The molecule has 0 radical (unpaired) electrons. The number of non-ortho nitro benzene ring substituents is 1. The summed E-state index contributed by atoms with van der Waals surface area (Å²) in [6.07, 6.45) is -0.874. The standard InChI is InChI=1S/C41H55IN5O8Si.CF3O/c1-6-56(7-2,8-3)55-29(5)37-38-28(4)33(39(44(38)40(37)49)41(50)54-32-14-12-31(13-15-32)45(51)52)10-9-25-53-35-16-11-30(26-34(35)42)17-18-46-19-22-47(23-20-46,24-21-46)27-36(43)48;2-1(3,4)5/h9-16,26,28-29,37-38H,6-8,17-25,27H2,1-5H3,(H-,43,48);/q+1;-1/b10-9+;/t28-,29+,37+,38+,46?,47?;/m0./s1. The van der Waals surface area contributed by atoms with Crippen molar-refractivity contribution >= 4 is 54.4 Å². The highest BCUT2D eigenvalue weighted by atomic mass is 127. The van der Waals surface area contributed by atoms with Gasteiger partial charge in [-0.25, -0.2) is 4.79 Å². The van der Waals surface area contributed by atoms with Gasteiger partial charge in [-0.1, -0.05) is 39.8 Å². The van der Waals surface area contributed by atoms with E-state index in [1.165, 1.54) is 29.8 Å². The fraction of sp³-hybridized carbons (Fsp3) is 0.548. The molecule has 2 aromatic rings. The summed E-state index contributed by atoms with van der Waals surface area (Å²) in [4.78, 5) is 39.9. The minimum absolute atomic E-state index is 0.118. The minimum Gasteiger partial charge on any atom is -0.858 e.